The molecule has 2 heterocycles. The first-order valence-electron chi connectivity index (χ1n) is 4.76. The fourth-order valence-electron chi connectivity index (χ4n) is 1.40. The van der Waals surface area contributed by atoms with Crippen LogP contribution in [0.3, 0.4) is 0 Å². The predicted octanol–water partition coefficient (Wildman–Crippen LogP) is 1.94. The van der Waals surface area contributed by atoms with Crippen LogP contribution in [0, 0.1) is 0 Å². The third-order valence-corrected chi connectivity index (χ3v) is 3.43. The molecule has 6 heteroatoms. The predicted molar refractivity (Wildman–Crippen MR) is 65.1 cm³/mol. The van der Waals surface area contributed by atoms with Crippen molar-refractivity contribution in [3.8, 4) is 0 Å². The van der Waals surface area contributed by atoms with Gasteiger partial charge in [-0.15, -0.1) is 11.3 Å². The Labute approximate surface area is 102 Å². The van der Waals surface area contributed by atoms with Gasteiger partial charge in [0.05, 0.1) is 22.3 Å². The number of hydrogen-bond donors (Lipinski definition) is 2. The van der Waals surface area contributed by atoms with Gasteiger partial charge in [0.2, 0.25) is 0 Å². The molecule has 4 nitrogen and oxygen atoms in total. The second-order valence-corrected chi connectivity index (χ2v) is 5.06. The highest BCUT2D eigenvalue weighted by atomic mass is 35.5. The Balaban J connectivity index is 2.12. The van der Waals surface area contributed by atoms with Gasteiger partial charge in [0.1, 0.15) is 0 Å². The van der Waals surface area contributed by atoms with Crippen LogP contribution in [-0.4, -0.2) is 9.97 Å². The molecule has 1 unspecified atom stereocenters. The van der Waals surface area contributed by atoms with E-state index < -0.39 is 0 Å². The first kappa shape index (κ1) is 11.5. The monoisotopic (exact) mass is 254 g/mol. The van der Waals surface area contributed by atoms with Crippen molar-refractivity contribution in [2.24, 2.45) is 5.84 Å². The van der Waals surface area contributed by atoms with E-state index in [-0.39, 0.29) is 6.04 Å². The van der Waals surface area contributed by atoms with Crippen LogP contribution in [0.2, 0.25) is 4.34 Å². The second-order valence-electron chi connectivity index (χ2n) is 3.26. The van der Waals surface area contributed by atoms with Gasteiger partial charge in [0, 0.05) is 23.7 Å². The van der Waals surface area contributed by atoms with Crippen LogP contribution in [0.4, 0.5) is 0 Å². The molecule has 0 aliphatic rings. The van der Waals surface area contributed by atoms with Gasteiger partial charge in [-0.2, -0.15) is 0 Å². The molecule has 0 spiro atoms. The van der Waals surface area contributed by atoms with Crippen LogP contribution < -0.4 is 11.3 Å². The lowest BCUT2D eigenvalue weighted by molar-refractivity contribution is 0.539. The topological polar surface area (TPSA) is 63.8 Å². The Kier molecular flexibility index (Phi) is 3.84. The van der Waals surface area contributed by atoms with E-state index in [9.17, 15) is 0 Å². The molecule has 0 aliphatic carbocycles. The third kappa shape index (κ3) is 2.76. The van der Waals surface area contributed by atoms with E-state index >= 15 is 0 Å². The standard InChI is InChI=1S/C10H11ClN4S/c11-10-2-1-7(16-10)5-8(15-12)9-6-13-3-4-14-9/h1-4,6,8,15H,5,12H2. The van der Waals surface area contributed by atoms with E-state index in [1.807, 2.05) is 12.1 Å². The lowest BCUT2D eigenvalue weighted by Gasteiger charge is -2.13. The lowest BCUT2D eigenvalue weighted by atomic mass is 10.1. The molecular weight excluding hydrogens is 244 g/mol. The zero-order chi connectivity index (χ0) is 11.4. The molecule has 0 saturated heterocycles. The van der Waals surface area contributed by atoms with Gasteiger partial charge in [-0.25, -0.2) is 0 Å². The van der Waals surface area contributed by atoms with Gasteiger partial charge in [-0.3, -0.25) is 21.2 Å². The van der Waals surface area contributed by atoms with Crippen LogP contribution in [0.1, 0.15) is 16.6 Å². The Hall–Kier alpha value is -1.01. The molecule has 2 rings (SSSR count). The van der Waals surface area contributed by atoms with Crippen LogP contribution in [-0.2, 0) is 6.42 Å². The summed E-state index contributed by atoms with van der Waals surface area (Å²) in [5.74, 6) is 5.51. The molecular formula is C10H11ClN4S. The summed E-state index contributed by atoms with van der Waals surface area (Å²) in [6, 6.07) is 3.84. The molecule has 3 N–H and O–H groups in total. The number of thiophene rings is 1. The smallest absolute Gasteiger partial charge is 0.0931 e. The highest BCUT2D eigenvalue weighted by Crippen LogP contribution is 2.25. The Bertz CT molecular complexity index is 445. The average Bonchev–Trinajstić information content (AvgIpc) is 2.73. The van der Waals surface area contributed by atoms with Gasteiger partial charge in [-0.1, -0.05) is 11.6 Å². The van der Waals surface area contributed by atoms with Crippen LogP contribution in [0.25, 0.3) is 0 Å². The first-order chi connectivity index (χ1) is 7.79. The maximum atomic E-state index is 5.87. The van der Waals surface area contributed by atoms with Gasteiger partial charge in [0.15, 0.2) is 0 Å². The van der Waals surface area contributed by atoms with Crippen molar-refractivity contribution in [2.45, 2.75) is 12.5 Å². The maximum Gasteiger partial charge on any atom is 0.0931 e. The summed E-state index contributed by atoms with van der Waals surface area (Å²) in [6.45, 7) is 0. The zero-order valence-electron chi connectivity index (χ0n) is 8.43. The molecule has 0 saturated carbocycles. The van der Waals surface area contributed by atoms with E-state index in [1.165, 1.54) is 4.88 Å². The van der Waals surface area contributed by atoms with Crippen molar-refractivity contribution in [3.05, 3.63) is 45.6 Å². The van der Waals surface area contributed by atoms with E-state index in [4.69, 9.17) is 17.4 Å². The summed E-state index contributed by atoms with van der Waals surface area (Å²) in [6.07, 6.45) is 5.76. The van der Waals surface area contributed by atoms with Crippen molar-refractivity contribution in [2.75, 3.05) is 0 Å². The number of rotatable bonds is 4. The van der Waals surface area contributed by atoms with E-state index in [1.54, 1.807) is 29.9 Å². The first-order valence-corrected chi connectivity index (χ1v) is 5.95. The number of nitrogens with zero attached hydrogens (tertiary/aromatic N) is 2. The fourth-order valence-corrected chi connectivity index (χ4v) is 2.54. The molecule has 84 valence electrons. The van der Waals surface area contributed by atoms with Crippen molar-refractivity contribution in [1.82, 2.24) is 15.4 Å². The minimum Gasteiger partial charge on any atom is -0.271 e. The summed E-state index contributed by atoms with van der Waals surface area (Å²) in [4.78, 5) is 9.40. The molecule has 0 bridgehead atoms. The molecule has 1 atom stereocenters. The number of nitrogens with two attached hydrogens (primary N) is 1. The summed E-state index contributed by atoms with van der Waals surface area (Å²) in [7, 11) is 0. The lowest BCUT2D eigenvalue weighted by Crippen LogP contribution is -2.30. The normalized spacial score (nSPS) is 12.6. The third-order valence-electron chi connectivity index (χ3n) is 2.18. The van der Waals surface area contributed by atoms with Crippen LogP contribution >= 0.6 is 22.9 Å². The molecule has 0 aliphatic heterocycles. The van der Waals surface area contributed by atoms with Gasteiger partial charge in [-0.05, 0) is 12.1 Å². The number of aromatic nitrogens is 2. The van der Waals surface area contributed by atoms with Crippen molar-refractivity contribution in [1.29, 1.82) is 0 Å². The Morgan fingerprint density at radius 1 is 1.44 bits per heavy atom. The summed E-state index contributed by atoms with van der Waals surface area (Å²) in [5, 5.41) is 0. The van der Waals surface area contributed by atoms with Crippen molar-refractivity contribution >= 4 is 22.9 Å². The van der Waals surface area contributed by atoms with E-state index in [0.29, 0.717) is 0 Å². The van der Waals surface area contributed by atoms with Crippen molar-refractivity contribution in [3.63, 3.8) is 0 Å². The van der Waals surface area contributed by atoms with E-state index in [0.717, 1.165) is 16.5 Å². The summed E-state index contributed by atoms with van der Waals surface area (Å²) in [5.41, 5.74) is 3.57. The maximum absolute atomic E-state index is 5.87. The molecule has 16 heavy (non-hydrogen) atoms. The van der Waals surface area contributed by atoms with Gasteiger partial charge < -0.3 is 0 Å². The molecule has 2 aromatic rings. The number of hydrogen-bond acceptors (Lipinski definition) is 5. The number of nitrogens with one attached hydrogen (secondary N) is 1. The van der Waals surface area contributed by atoms with Crippen LogP contribution in [0.15, 0.2) is 30.7 Å². The molecule has 2 aromatic heterocycles. The van der Waals surface area contributed by atoms with E-state index in [2.05, 4.69) is 15.4 Å². The van der Waals surface area contributed by atoms with Crippen molar-refractivity contribution < 1.29 is 0 Å². The summed E-state index contributed by atoms with van der Waals surface area (Å²) >= 11 is 7.42. The van der Waals surface area contributed by atoms with Gasteiger partial charge >= 0.3 is 0 Å². The second kappa shape index (κ2) is 5.36. The zero-order valence-corrected chi connectivity index (χ0v) is 10.0. The quantitative estimate of drug-likeness (QED) is 0.647. The molecule has 0 aromatic carbocycles. The molecule has 0 fully saturated rings. The minimum absolute atomic E-state index is 0.0385. The Morgan fingerprint density at radius 2 is 2.31 bits per heavy atom. The van der Waals surface area contributed by atoms with Gasteiger partial charge in [0.25, 0.3) is 0 Å². The summed E-state index contributed by atoms with van der Waals surface area (Å²) < 4.78 is 0.782. The largest absolute Gasteiger partial charge is 0.271 e. The fraction of sp³-hybridized carbons (Fsp3) is 0.200. The van der Waals surface area contributed by atoms with Crippen LogP contribution in [0.5, 0.6) is 0 Å². The number of halogens is 1. The average molecular weight is 255 g/mol. The minimum atomic E-state index is -0.0385. The highest BCUT2D eigenvalue weighted by Gasteiger charge is 2.13. The SMILES string of the molecule is NNC(Cc1ccc(Cl)s1)c1cnccn1. The molecule has 0 amide bonds. The molecule has 0 radical (unpaired) electrons. The number of hydrazine groups is 1. The highest BCUT2D eigenvalue weighted by molar-refractivity contribution is 7.16. The Morgan fingerprint density at radius 3 is 2.88 bits per heavy atom.